The second kappa shape index (κ2) is 9.11. The molecule has 0 atom stereocenters. The quantitative estimate of drug-likeness (QED) is 0.697. The van der Waals surface area contributed by atoms with Crippen LogP contribution in [0.5, 0.6) is 5.75 Å². The Morgan fingerprint density at radius 1 is 1.30 bits per heavy atom. The molecule has 148 valence electrons. The average Bonchev–Trinajstić information content (AvgIpc) is 3.08. The molecule has 0 bridgehead atoms. The fraction of sp³-hybridized carbons (Fsp3) is 0.619. The molecule has 1 aliphatic rings. The lowest BCUT2D eigenvalue weighted by Gasteiger charge is -2.21. The molecule has 0 saturated heterocycles. The van der Waals surface area contributed by atoms with E-state index in [1.807, 2.05) is 29.7 Å². The lowest BCUT2D eigenvalue weighted by Crippen LogP contribution is -2.29. The van der Waals surface area contributed by atoms with Crippen molar-refractivity contribution in [1.29, 1.82) is 0 Å². The van der Waals surface area contributed by atoms with Gasteiger partial charge in [-0.15, -0.1) is 0 Å². The highest BCUT2D eigenvalue weighted by molar-refractivity contribution is 5.87. The van der Waals surface area contributed by atoms with Crippen molar-refractivity contribution in [3.8, 4) is 5.75 Å². The first-order chi connectivity index (χ1) is 13.2. The van der Waals surface area contributed by atoms with Gasteiger partial charge in [-0.1, -0.05) is 39.0 Å². The van der Waals surface area contributed by atoms with Gasteiger partial charge < -0.3 is 9.47 Å². The SMILES string of the molecule is CCOC(=O)N(C)c1c(CC)nc2c(OCCC3CCCCC3)cccn12. The fourth-order valence-electron chi connectivity index (χ4n) is 3.90. The monoisotopic (exact) mass is 373 g/mol. The number of aryl methyl sites for hydroxylation is 1. The molecule has 0 aliphatic heterocycles. The summed E-state index contributed by atoms with van der Waals surface area (Å²) in [5.41, 5.74) is 1.61. The van der Waals surface area contributed by atoms with Crippen molar-refractivity contribution in [3.05, 3.63) is 24.0 Å². The highest BCUT2D eigenvalue weighted by atomic mass is 16.6. The van der Waals surface area contributed by atoms with Crippen molar-refractivity contribution < 1.29 is 14.3 Å². The molecule has 0 unspecified atom stereocenters. The number of fused-ring (bicyclic) bond motifs is 1. The largest absolute Gasteiger partial charge is 0.490 e. The minimum absolute atomic E-state index is 0.344. The van der Waals surface area contributed by atoms with E-state index in [0.717, 1.165) is 41.7 Å². The van der Waals surface area contributed by atoms with Crippen LogP contribution in [0, 0.1) is 5.92 Å². The third kappa shape index (κ3) is 4.37. The number of carbonyl (C=O) groups is 1. The molecule has 0 radical (unpaired) electrons. The first kappa shape index (κ1) is 19.5. The minimum Gasteiger partial charge on any atom is -0.490 e. The summed E-state index contributed by atoms with van der Waals surface area (Å²) >= 11 is 0. The lowest BCUT2D eigenvalue weighted by molar-refractivity contribution is 0.161. The fourth-order valence-corrected chi connectivity index (χ4v) is 3.90. The summed E-state index contributed by atoms with van der Waals surface area (Å²) in [4.78, 5) is 18.5. The Hall–Kier alpha value is -2.24. The summed E-state index contributed by atoms with van der Waals surface area (Å²) in [5, 5.41) is 0. The van der Waals surface area contributed by atoms with Crippen LogP contribution in [0.15, 0.2) is 18.3 Å². The van der Waals surface area contributed by atoms with E-state index in [4.69, 9.17) is 14.5 Å². The van der Waals surface area contributed by atoms with Gasteiger partial charge in [0.05, 0.1) is 18.9 Å². The van der Waals surface area contributed by atoms with E-state index in [9.17, 15) is 4.79 Å². The standard InChI is InChI=1S/C21H31N3O3/c1-4-17-20(23(3)21(25)26-5-2)24-14-9-12-18(19(24)22-17)27-15-13-16-10-7-6-8-11-16/h9,12,14,16H,4-8,10-11,13,15H2,1-3H3. The van der Waals surface area contributed by atoms with Crippen molar-refractivity contribution in [2.75, 3.05) is 25.2 Å². The predicted molar refractivity (Wildman–Crippen MR) is 107 cm³/mol. The second-order valence-electron chi connectivity index (χ2n) is 7.20. The zero-order valence-corrected chi connectivity index (χ0v) is 16.7. The molecule has 0 aromatic carbocycles. The molecule has 1 fully saturated rings. The number of nitrogens with zero attached hydrogens (tertiary/aromatic N) is 3. The molecule has 1 saturated carbocycles. The molecule has 2 heterocycles. The summed E-state index contributed by atoms with van der Waals surface area (Å²) in [6, 6.07) is 3.89. The molecule has 0 N–H and O–H groups in total. The van der Waals surface area contributed by atoms with Crippen LogP contribution in [0.25, 0.3) is 5.65 Å². The van der Waals surface area contributed by atoms with Crippen LogP contribution in [-0.4, -0.2) is 35.7 Å². The number of imidazole rings is 1. The van der Waals surface area contributed by atoms with E-state index in [2.05, 4.69) is 0 Å². The molecule has 27 heavy (non-hydrogen) atoms. The summed E-state index contributed by atoms with van der Waals surface area (Å²) in [6.45, 7) is 4.89. The van der Waals surface area contributed by atoms with Gasteiger partial charge in [-0.25, -0.2) is 9.78 Å². The van der Waals surface area contributed by atoms with Gasteiger partial charge in [-0.3, -0.25) is 9.30 Å². The van der Waals surface area contributed by atoms with Crippen LogP contribution in [0.4, 0.5) is 10.6 Å². The Labute approximate surface area is 161 Å². The molecule has 6 heteroatoms. The van der Waals surface area contributed by atoms with Crippen LogP contribution < -0.4 is 9.64 Å². The first-order valence-electron chi connectivity index (χ1n) is 10.2. The Balaban J connectivity index is 1.80. The Kier molecular flexibility index (Phi) is 6.58. The summed E-state index contributed by atoms with van der Waals surface area (Å²) in [5.74, 6) is 2.30. The molecule has 1 amide bonds. The van der Waals surface area contributed by atoms with Crippen molar-refractivity contribution in [2.45, 2.75) is 58.8 Å². The zero-order chi connectivity index (χ0) is 19.2. The normalized spacial score (nSPS) is 15.1. The maximum atomic E-state index is 12.2. The smallest absolute Gasteiger partial charge is 0.415 e. The Bertz CT molecular complexity index is 765. The van der Waals surface area contributed by atoms with Gasteiger partial charge in [0.2, 0.25) is 0 Å². The number of amides is 1. The van der Waals surface area contributed by atoms with Gasteiger partial charge in [-0.2, -0.15) is 0 Å². The molecule has 1 aliphatic carbocycles. The third-order valence-corrected chi connectivity index (χ3v) is 5.36. The van der Waals surface area contributed by atoms with E-state index in [0.29, 0.717) is 13.2 Å². The van der Waals surface area contributed by atoms with E-state index in [-0.39, 0.29) is 6.09 Å². The molecule has 0 spiro atoms. The van der Waals surface area contributed by atoms with Gasteiger partial charge in [-0.05, 0) is 37.8 Å². The maximum absolute atomic E-state index is 12.2. The maximum Gasteiger partial charge on any atom is 0.415 e. The van der Waals surface area contributed by atoms with Crippen LogP contribution >= 0.6 is 0 Å². The summed E-state index contributed by atoms with van der Waals surface area (Å²) in [6.07, 6.45) is 10.1. The Morgan fingerprint density at radius 2 is 2.07 bits per heavy atom. The predicted octanol–water partition coefficient (Wildman–Crippen LogP) is 4.84. The van der Waals surface area contributed by atoms with Gasteiger partial charge in [0, 0.05) is 13.2 Å². The summed E-state index contributed by atoms with van der Waals surface area (Å²) in [7, 11) is 1.72. The summed E-state index contributed by atoms with van der Waals surface area (Å²) < 4.78 is 13.2. The van der Waals surface area contributed by atoms with E-state index in [1.54, 1.807) is 14.0 Å². The van der Waals surface area contributed by atoms with Crippen LogP contribution in [0.3, 0.4) is 0 Å². The van der Waals surface area contributed by atoms with Crippen molar-refractivity contribution in [1.82, 2.24) is 9.38 Å². The first-order valence-corrected chi connectivity index (χ1v) is 10.2. The molecular formula is C21H31N3O3. The topological polar surface area (TPSA) is 56.1 Å². The Morgan fingerprint density at radius 3 is 2.78 bits per heavy atom. The number of aromatic nitrogens is 2. The highest BCUT2D eigenvalue weighted by Crippen LogP contribution is 2.30. The van der Waals surface area contributed by atoms with Crippen LogP contribution in [-0.2, 0) is 11.2 Å². The van der Waals surface area contributed by atoms with Crippen molar-refractivity contribution in [2.24, 2.45) is 5.92 Å². The molecule has 2 aromatic rings. The third-order valence-electron chi connectivity index (χ3n) is 5.36. The molecule has 6 nitrogen and oxygen atoms in total. The van der Waals surface area contributed by atoms with E-state index < -0.39 is 0 Å². The number of hydrogen-bond donors (Lipinski definition) is 0. The molecule has 3 rings (SSSR count). The van der Waals surface area contributed by atoms with Crippen LogP contribution in [0.1, 0.15) is 58.1 Å². The van der Waals surface area contributed by atoms with Gasteiger partial charge in [0.15, 0.2) is 11.4 Å². The molecular weight excluding hydrogens is 342 g/mol. The average molecular weight is 373 g/mol. The number of anilines is 1. The number of carbonyl (C=O) groups excluding carboxylic acids is 1. The number of hydrogen-bond acceptors (Lipinski definition) is 4. The molecule has 2 aromatic heterocycles. The lowest BCUT2D eigenvalue weighted by atomic mass is 9.87. The van der Waals surface area contributed by atoms with Gasteiger partial charge in [0.25, 0.3) is 0 Å². The zero-order valence-electron chi connectivity index (χ0n) is 16.7. The van der Waals surface area contributed by atoms with Crippen molar-refractivity contribution >= 4 is 17.6 Å². The highest BCUT2D eigenvalue weighted by Gasteiger charge is 2.22. The van der Waals surface area contributed by atoms with E-state index >= 15 is 0 Å². The van der Waals surface area contributed by atoms with Gasteiger partial charge >= 0.3 is 6.09 Å². The van der Waals surface area contributed by atoms with Crippen molar-refractivity contribution in [3.63, 3.8) is 0 Å². The number of rotatable bonds is 7. The second-order valence-corrected chi connectivity index (χ2v) is 7.20. The van der Waals surface area contributed by atoms with E-state index in [1.165, 1.54) is 37.0 Å². The number of ether oxygens (including phenoxy) is 2. The number of pyridine rings is 1. The van der Waals surface area contributed by atoms with Gasteiger partial charge in [0.1, 0.15) is 5.82 Å². The van der Waals surface area contributed by atoms with Crippen LogP contribution in [0.2, 0.25) is 0 Å². The minimum atomic E-state index is -0.377.